The highest BCUT2D eigenvalue weighted by atomic mass is 32.2. The van der Waals surface area contributed by atoms with Gasteiger partial charge >= 0.3 is 0 Å². The predicted molar refractivity (Wildman–Crippen MR) is 100 cm³/mol. The van der Waals surface area contributed by atoms with E-state index in [-0.39, 0.29) is 15.9 Å². The molecule has 0 fully saturated rings. The maximum atomic E-state index is 12.2. The maximum absolute atomic E-state index is 12.2. The SMILES string of the molecule is CCCCC(=O)NC(=S)Nc1ccc(S(=O)(=O)NC(C)(C)C)cc1. The van der Waals surface area contributed by atoms with Crippen LogP contribution in [0.25, 0.3) is 0 Å². The van der Waals surface area contributed by atoms with Crippen LogP contribution < -0.4 is 15.4 Å². The number of nitrogens with one attached hydrogen (secondary N) is 3. The molecule has 134 valence electrons. The van der Waals surface area contributed by atoms with E-state index in [1.54, 1.807) is 32.9 Å². The highest BCUT2D eigenvalue weighted by Gasteiger charge is 2.21. The van der Waals surface area contributed by atoms with Crippen LogP contribution in [0.2, 0.25) is 0 Å². The van der Waals surface area contributed by atoms with Crippen molar-refractivity contribution in [1.29, 1.82) is 0 Å². The van der Waals surface area contributed by atoms with E-state index in [9.17, 15) is 13.2 Å². The predicted octanol–water partition coefficient (Wildman–Crippen LogP) is 2.77. The number of anilines is 1. The summed E-state index contributed by atoms with van der Waals surface area (Å²) in [6.07, 6.45) is 2.17. The van der Waals surface area contributed by atoms with Crippen molar-refractivity contribution in [2.75, 3.05) is 5.32 Å². The van der Waals surface area contributed by atoms with Crippen molar-refractivity contribution in [1.82, 2.24) is 10.0 Å². The average molecular weight is 372 g/mol. The highest BCUT2D eigenvalue weighted by molar-refractivity contribution is 7.89. The van der Waals surface area contributed by atoms with E-state index >= 15 is 0 Å². The van der Waals surface area contributed by atoms with E-state index in [0.29, 0.717) is 12.1 Å². The second kappa shape index (κ2) is 8.55. The summed E-state index contributed by atoms with van der Waals surface area (Å²) in [6.45, 7) is 7.34. The fraction of sp³-hybridized carbons (Fsp3) is 0.500. The number of benzene rings is 1. The number of amides is 1. The quantitative estimate of drug-likeness (QED) is 0.669. The molecule has 0 unspecified atom stereocenters. The van der Waals surface area contributed by atoms with E-state index in [1.807, 2.05) is 6.92 Å². The van der Waals surface area contributed by atoms with Crippen molar-refractivity contribution in [2.24, 2.45) is 0 Å². The van der Waals surface area contributed by atoms with Gasteiger partial charge in [0.05, 0.1) is 4.90 Å². The number of sulfonamides is 1. The van der Waals surface area contributed by atoms with Gasteiger partial charge in [0.25, 0.3) is 0 Å². The lowest BCUT2D eigenvalue weighted by molar-refractivity contribution is -0.119. The van der Waals surface area contributed by atoms with Crippen molar-refractivity contribution in [3.63, 3.8) is 0 Å². The Morgan fingerprint density at radius 2 is 1.75 bits per heavy atom. The summed E-state index contributed by atoms with van der Waals surface area (Å²) in [5, 5.41) is 5.64. The summed E-state index contributed by atoms with van der Waals surface area (Å²) < 4.78 is 27.0. The van der Waals surface area contributed by atoms with Crippen LogP contribution in [0.1, 0.15) is 47.0 Å². The van der Waals surface area contributed by atoms with Gasteiger partial charge in [-0.1, -0.05) is 13.3 Å². The Morgan fingerprint density at radius 3 is 2.25 bits per heavy atom. The van der Waals surface area contributed by atoms with Crippen LogP contribution in [0.3, 0.4) is 0 Å². The fourth-order valence-corrected chi connectivity index (χ4v) is 3.52. The van der Waals surface area contributed by atoms with E-state index in [2.05, 4.69) is 15.4 Å². The number of hydrogen-bond acceptors (Lipinski definition) is 4. The maximum Gasteiger partial charge on any atom is 0.241 e. The Hall–Kier alpha value is -1.51. The lowest BCUT2D eigenvalue weighted by atomic mass is 10.1. The fourth-order valence-electron chi connectivity index (χ4n) is 1.87. The number of thiocarbonyl (C=S) groups is 1. The molecule has 24 heavy (non-hydrogen) atoms. The van der Waals surface area contributed by atoms with Crippen LogP contribution >= 0.6 is 12.2 Å². The molecule has 0 aromatic heterocycles. The molecule has 1 aromatic rings. The minimum absolute atomic E-state index is 0.136. The zero-order chi connectivity index (χ0) is 18.4. The Morgan fingerprint density at radius 1 is 1.17 bits per heavy atom. The van der Waals surface area contributed by atoms with Crippen molar-refractivity contribution in [2.45, 2.75) is 57.4 Å². The summed E-state index contributed by atoms with van der Waals surface area (Å²) in [6, 6.07) is 6.17. The van der Waals surface area contributed by atoms with Crippen LogP contribution in [-0.2, 0) is 14.8 Å². The first kappa shape index (κ1) is 20.5. The number of carbonyl (C=O) groups excluding carboxylic acids is 1. The summed E-state index contributed by atoms with van der Waals surface area (Å²) >= 11 is 5.07. The molecule has 0 aliphatic heterocycles. The summed E-state index contributed by atoms with van der Waals surface area (Å²) in [5.74, 6) is -0.136. The van der Waals surface area contributed by atoms with Gasteiger partial charge in [-0.2, -0.15) is 0 Å². The number of unbranched alkanes of at least 4 members (excludes halogenated alkanes) is 1. The molecule has 1 rings (SSSR count). The smallest absolute Gasteiger partial charge is 0.241 e. The van der Waals surface area contributed by atoms with Crippen LogP contribution in [0.15, 0.2) is 29.2 Å². The van der Waals surface area contributed by atoms with Gasteiger partial charge in [-0.3, -0.25) is 4.79 Å². The minimum Gasteiger partial charge on any atom is -0.332 e. The molecular formula is C16H25N3O3S2. The normalized spacial score (nSPS) is 11.8. The van der Waals surface area contributed by atoms with Crippen molar-refractivity contribution >= 4 is 38.9 Å². The lowest BCUT2D eigenvalue weighted by Crippen LogP contribution is -2.40. The Kier molecular flexibility index (Phi) is 7.31. The van der Waals surface area contributed by atoms with Gasteiger partial charge in [0.2, 0.25) is 15.9 Å². The Labute approximate surface area is 149 Å². The molecule has 0 heterocycles. The van der Waals surface area contributed by atoms with Crippen LogP contribution in [-0.4, -0.2) is 25.0 Å². The van der Waals surface area contributed by atoms with Crippen LogP contribution in [0.5, 0.6) is 0 Å². The van der Waals surface area contributed by atoms with Gasteiger partial charge < -0.3 is 10.6 Å². The van der Waals surface area contributed by atoms with Gasteiger partial charge in [-0.25, -0.2) is 13.1 Å². The monoisotopic (exact) mass is 371 g/mol. The van der Waals surface area contributed by atoms with E-state index in [1.165, 1.54) is 12.1 Å². The number of rotatable bonds is 6. The summed E-state index contributed by atoms with van der Waals surface area (Å²) in [7, 11) is -3.57. The van der Waals surface area contributed by atoms with Gasteiger partial charge in [0.1, 0.15) is 0 Å². The molecule has 0 atom stereocenters. The van der Waals surface area contributed by atoms with Gasteiger partial charge in [-0.15, -0.1) is 0 Å². The molecule has 8 heteroatoms. The highest BCUT2D eigenvalue weighted by Crippen LogP contribution is 2.16. The molecule has 0 spiro atoms. The summed E-state index contributed by atoms with van der Waals surface area (Å²) in [5.41, 5.74) is 0.0469. The van der Waals surface area contributed by atoms with Crippen LogP contribution in [0, 0.1) is 0 Å². The molecule has 0 bridgehead atoms. The Balaban J connectivity index is 2.68. The van der Waals surface area contributed by atoms with E-state index < -0.39 is 15.6 Å². The van der Waals surface area contributed by atoms with Crippen molar-refractivity contribution in [3.05, 3.63) is 24.3 Å². The third-order valence-corrected chi connectivity index (χ3v) is 4.85. The summed E-state index contributed by atoms with van der Waals surface area (Å²) in [4.78, 5) is 11.8. The zero-order valence-electron chi connectivity index (χ0n) is 14.5. The number of hydrogen-bond donors (Lipinski definition) is 3. The van der Waals surface area contributed by atoms with Crippen molar-refractivity contribution in [3.8, 4) is 0 Å². The molecule has 0 aliphatic carbocycles. The Bertz CT molecular complexity index is 678. The molecular weight excluding hydrogens is 346 g/mol. The van der Waals surface area contributed by atoms with E-state index in [0.717, 1.165) is 12.8 Å². The molecule has 1 aromatic carbocycles. The van der Waals surface area contributed by atoms with Gasteiger partial charge in [-0.05, 0) is 63.7 Å². The molecule has 0 radical (unpaired) electrons. The second-order valence-corrected chi connectivity index (χ2v) is 8.58. The lowest BCUT2D eigenvalue weighted by Gasteiger charge is -2.20. The first-order chi connectivity index (χ1) is 11.0. The first-order valence-corrected chi connectivity index (χ1v) is 9.67. The third-order valence-electron chi connectivity index (χ3n) is 2.87. The van der Waals surface area contributed by atoms with E-state index in [4.69, 9.17) is 12.2 Å². The molecule has 6 nitrogen and oxygen atoms in total. The molecule has 0 saturated heterocycles. The largest absolute Gasteiger partial charge is 0.332 e. The van der Waals surface area contributed by atoms with Gasteiger partial charge in [0.15, 0.2) is 5.11 Å². The molecule has 0 saturated carbocycles. The standard InChI is InChI=1S/C16H25N3O3S2/c1-5-6-7-14(20)18-15(23)17-12-8-10-13(11-9-12)24(21,22)19-16(2,3)4/h8-11,19H,5-7H2,1-4H3,(H2,17,18,20,23). The second-order valence-electron chi connectivity index (χ2n) is 6.49. The van der Waals surface area contributed by atoms with Gasteiger partial charge in [0, 0.05) is 17.6 Å². The van der Waals surface area contributed by atoms with Crippen LogP contribution in [0.4, 0.5) is 5.69 Å². The third kappa shape index (κ3) is 7.37. The topological polar surface area (TPSA) is 87.3 Å². The minimum atomic E-state index is -3.57. The molecule has 0 aliphatic rings. The van der Waals surface area contributed by atoms with Crippen molar-refractivity contribution < 1.29 is 13.2 Å². The average Bonchev–Trinajstić information content (AvgIpc) is 2.43. The molecule has 1 amide bonds. The zero-order valence-corrected chi connectivity index (χ0v) is 16.1. The number of carbonyl (C=O) groups is 1. The first-order valence-electron chi connectivity index (χ1n) is 7.78. The molecule has 3 N–H and O–H groups in total.